The zero-order valence-electron chi connectivity index (χ0n) is 10.6. The Labute approximate surface area is 113 Å². The van der Waals surface area contributed by atoms with E-state index in [1.807, 2.05) is 0 Å². The quantitative estimate of drug-likeness (QED) is 0.863. The fourth-order valence-electron chi connectivity index (χ4n) is 1.59. The molecule has 6 heteroatoms. The van der Waals surface area contributed by atoms with Crippen molar-refractivity contribution in [3.05, 3.63) is 48.0 Å². The second-order valence-corrected chi connectivity index (χ2v) is 4.03. The van der Waals surface area contributed by atoms with Crippen LogP contribution in [0.25, 0.3) is 0 Å². The van der Waals surface area contributed by atoms with E-state index in [1.165, 1.54) is 25.3 Å². The Morgan fingerprint density at radius 2 is 1.75 bits per heavy atom. The predicted octanol–water partition coefficient (Wildman–Crippen LogP) is 4.09. The molecular weight excluding hydrogens is 271 g/mol. The van der Waals surface area contributed by atoms with Gasteiger partial charge in [0, 0.05) is 6.07 Å². The Kier molecular flexibility index (Phi) is 3.74. The lowest BCUT2D eigenvalue weighted by Crippen LogP contribution is -2.04. The Balaban J connectivity index is 2.30. The molecule has 0 radical (unpaired) electrons. The molecule has 0 amide bonds. The smallest absolute Gasteiger partial charge is 0.416 e. The Morgan fingerprint density at radius 3 is 2.40 bits per heavy atom. The summed E-state index contributed by atoms with van der Waals surface area (Å²) in [6.07, 6.45) is -4.42. The molecule has 0 bridgehead atoms. The normalized spacial score (nSPS) is 11.2. The van der Waals surface area contributed by atoms with E-state index in [1.54, 1.807) is 12.1 Å². The van der Waals surface area contributed by atoms with Gasteiger partial charge in [-0.05, 0) is 30.3 Å². The van der Waals surface area contributed by atoms with Crippen molar-refractivity contribution in [1.29, 1.82) is 0 Å². The summed E-state index contributed by atoms with van der Waals surface area (Å²) in [5.74, 6) is 0.796. The van der Waals surface area contributed by atoms with Gasteiger partial charge in [0.05, 0.1) is 18.4 Å². The second-order valence-electron chi connectivity index (χ2n) is 4.03. The van der Waals surface area contributed by atoms with Gasteiger partial charge in [0.25, 0.3) is 0 Å². The molecule has 2 rings (SSSR count). The third kappa shape index (κ3) is 3.14. The molecule has 0 aliphatic heterocycles. The molecule has 0 atom stereocenters. The first-order valence-electron chi connectivity index (χ1n) is 5.69. The van der Waals surface area contributed by atoms with Gasteiger partial charge in [0.1, 0.15) is 11.5 Å². The minimum absolute atomic E-state index is 0.0554. The summed E-state index contributed by atoms with van der Waals surface area (Å²) in [5, 5.41) is 0. The van der Waals surface area contributed by atoms with Gasteiger partial charge < -0.3 is 15.2 Å². The molecule has 0 heterocycles. The van der Waals surface area contributed by atoms with E-state index in [0.29, 0.717) is 11.4 Å². The van der Waals surface area contributed by atoms with Crippen molar-refractivity contribution in [2.45, 2.75) is 6.18 Å². The molecule has 0 saturated heterocycles. The van der Waals surface area contributed by atoms with E-state index in [-0.39, 0.29) is 11.5 Å². The monoisotopic (exact) mass is 283 g/mol. The highest BCUT2D eigenvalue weighted by molar-refractivity contribution is 5.57. The van der Waals surface area contributed by atoms with E-state index in [4.69, 9.17) is 15.2 Å². The minimum atomic E-state index is -4.42. The number of rotatable bonds is 3. The fraction of sp³-hybridized carbons (Fsp3) is 0.143. The van der Waals surface area contributed by atoms with Crippen molar-refractivity contribution in [3.8, 4) is 17.2 Å². The number of methoxy groups -OCH3 is 1. The maximum Gasteiger partial charge on any atom is 0.416 e. The van der Waals surface area contributed by atoms with Crippen LogP contribution in [0.4, 0.5) is 18.9 Å². The number of anilines is 1. The Bertz CT molecular complexity index is 612. The molecule has 2 aromatic rings. The number of halogens is 3. The largest absolute Gasteiger partial charge is 0.497 e. The average Bonchev–Trinajstić information content (AvgIpc) is 2.41. The van der Waals surface area contributed by atoms with Crippen molar-refractivity contribution in [3.63, 3.8) is 0 Å². The van der Waals surface area contributed by atoms with Crippen LogP contribution >= 0.6 is 0 Å². The van der Waals surface area contributed by atoms with Crippen LogP contribution in [0, 0.1) is 0 Å². The summed E-state index contributed by atoms with van der Waals surface area (Å²) in [7, 11) is 1.47. The van der Waals surface area contributed by atoms with E-state index in [9.17, 15) is 13.2 Å². The van der Waals surface area contributed by atoms with Crippen LogP contribution in [0.2, 0.25) is 0 Å². The number of alkyl halides is 3. The van der Waals surface area contributed by atoms with Crippen LogP contribution in [-0.2, 0) is 6.18 Å². The average molecular weight is 283 g/mol. The molecule has 3 nitrogen and oxygen atoms in total. The van der Waals surface area contributed by atoms with E-state index in [0.717, 1.165) is 12.1 Å². The van der Waals surface area contributed by atoms with Crippen molar-refractivity contribution in [2.75, 3.05) is 12.8 Å². The van der Waals surface area contributed by atoms with Crippen molar-refractivity contribution >= 4 is 5.69 Å². The van der Waals surface area contributed by atoms with Gasteiger partial charge in [-0.25, -0.2) is 0 Å². The third-order valence-corrected chi connectivity index (χ3v) is 2.61. The number of benzene rings is 2. The van der Waals surface area contributed by atoms with Gasteiger partial charge in [-0.1, -0.05) is 6.07 Å². The summed E-state index contributed by atoms with van der Waals surface area (Å²) in [4.78, 5) is 0. The molecule has 106 valence electrons. The number of hydrogen-bond acceptors (Lipinski definition) is 3. The molecule has 2 N–H and O–H groups in total. The number of nitrogen functional groups attached to an aromatic ring is 1. The highest BCUT2D eigenvalue weighted by Crippen LogP contribution is 2.35. The second kappa shape index (κ2) is 5.32. The topological polar surface area (TPSA) is 44.5 Å². The lowest BCUT2D eigenvalue weighted by molar-refractivity contribution is -0.137. The first-order valence-corrected chi connectivity index (χ1v) is 5.69. The molecule has 2 aromatic carbocycles. The fourth-order valence-corrected chi connectivity index (χ4v) is 1.59. The molecule has 0 fully saturated rings. The lowest BCUT2D eigenvalue weighted by Gasteiger charge is -2.12. The highest BCUT2D eigenvalue weighted by atomic mass is 19.4. The van der Waals surface area contributed by atoms with Crippen LogP contribution in [-0.4, -0.2) is 7.11 Å². The van der Waals surface area contributed by atoms with Gasteiger partial charge in [-0.3, -0.25) is 0 Å². The van der Waals surface area contributed by atoms with E-state index < -0.39 is 11.7 Å². The van der Waals surface area contributed by atoms with Gasteiger partial charge in [-0.15, -0.1) is 0 Å². The Morgan fingerprint density at radius 1 is 1.00 bits per heavy atom. The SMILES string of the molecule is COc1ccc(N)c(Oc2cccc(C(F)(F)F)c2)c1. The number of hydrogen-bond donors (Lipinski definition) is 1. The summed E-state index contributed by atoms with van der Waals surface area (Å²) >= 11 is 0. The van der Waals surface area contributed by atoms with Crippen LogP contribution in [0.1, 0.15) is 5.56 Å². The van der Waals surface area contributed by atoms with Crippen LogP contribution in [0.3, 0.4) is 0 Å². The zero-order valence-corrected chi connectivity index (χ0v) is 10.6. The molecule has 0 aliphatic rings. The number of ether oxygens (including phenoxy) is 2. The molecule has 0 saturated carbocycles. The minimum Gasteiger partial charge on any atom is -0.497 e. The van der Waals surface area contributed by atoms with E-state index in [2.05, 4.69) is 0 Å². The summed E-state index contributed by atoms with van der Waals surface area (Å²) in [6.45, 7) is 0. The van der Waals surface area contributed by atoms with E-state index >= 15 is 0 Å². The van der Waals surface area contributed by atoms with Crippen molar-refractivity contribution in [1.82, 2.24) is 0 Å². The lowest BCUT2D eigenvalue weighted by atomic mass is 10.2. The van der Waals surface area contributed by atoms with Crippen molar-refractivity contribution < 1.29 is 22.6 Å². The number of nitrogens with two attached hydrogens (primary N) is 1. The van der Waals surface area contributed by atoms with Crippen LogP contribution < -0.4 is 15.2 Å². The molecule has 0 unspecified atom stereocenters. The summed E-state index contributed by atoms with van der Waals surface area (Å²) < 4.78 is 48.2. The van der Waals surface area contributed by atoms with Crippen LogP contribution in [0.15, 0.2) is 42.5 Å². The highest BCUT2D eigenvalue weighted by Gasteiger charge is 2.30. The first-order chi connectivity index (χ1) is 9.40. The maximum atomic E-state index is 12.6. The maximum absolute atomic E-state index is 12.6. The molecule has 20 heavy (non-hydrogen) atoms. The Hall–Kier alpha value is -2.37. The van der Waals surface area contributed by atoms with Gasteiger partial charge in [0.2, 0.25) is 0 Å². The zero-order chi connectivity index (χ0) is 14.8. The van der Waals surface area contributed by atoms with Gasteiger partial charge >= 0.3 is 6.18 Å². The molecule has 0 spiro atoms. The standard InChI is InChI=1S/C14H12F3NO2/c1-19-10-5-6-12(18)13(8-10)20-11-4-2-3-9(7-11)14(15,16)17/h2-8H,18H2,1H3. The van der Waals surface area contributed by atoms with Crippen LogP contribution in [0.5, 0.6) is 17.2 Å². The molecule has 0 aliphatic carbocycles. The predicted molar refractivity (Wildman–Crippen MR) is 68.9 cm³/mol. The first kappa shape index (κ1) is 14.0. The van der Waals surface area contributed by atoms with Gasteiger partial charge in [0.15, 0.2) is 5.75 Å². The molecule has 0 aromatic heterocycles. The summed E-state index contributed by atoms with van der Waals surface area (Å²) in [6, 6.07) is 9.29. The summed E-state index contributed by atoms with van der Waals surface area (Å²) in [5.41, 5.74) is 5.24. The molecular formula is C14H12F3NO2. The third-order valence-electron chi connectivity index (χ3n) is 2.61. The van der Waals surface area contributed by atoms with Gasteiger partial charge in [-0.2, -0.15) is 13.2 Å². The van der Waals surface area contributed by atoms with Crippen molar-refractivity contribution in [2.24, 2.45) is 0 Å².